The summed E-state index contributed by atoms with van der Waals surface area (Å²) in [4.78, 5) is 24.9. The standard InChI is InChI=1S/C29H33NO5/c1-4-19-29(3,5-2)28(32)34-21-20-33-24-15-11-22(12-16-24)27(31)30-23-13-17-26(18-14-23)35-25-9-7-6-8-10-25/h6-18H,4-5,19-21H2,1-3H3,(H,30,31). The molecule has 1 N–H and O–H groups in total. The van der Waals surface area contributed by atoms with Gasteiger partial charge >= 0.3 is 5.97 Å². The second kappa shape index (κ2) is 12.6. The fraction of sp³-hybridized carbons (Fsp3) is 0.310. The molecule has 1 unspecified atom stereocenters. The van der Waals surface area contributed by atoms with E-state index in [0.29, 0.717) is 22.7 Å². The molecule has 0 aromatic heterocycles. The van der Waals surface area contributed by atoms with Crippen molar-refractivity contribution in [2.45, 2.75) is 40.0 Å². The van der Waals surface area contributed by atoms with Crippen LogP contribution < -0.4 is 14.8 Å². The van der Waals surface area contributed by atoms with Gasteiger partial charge in [-0.3, -0.25) is 9.59 Å². The van der Waals surface area contributed by atoms with Gasteiger partial charge in [0.05, 0.1) is 5.41 Å². The molecule has 6 nitrogen and oxygen atoms in total. The number of anilines is 1. The van der Waals surface area contributed by atoms with Crippen LogP contribution in [0.25, 0.3) is 0 Å². The molecule has 3 aromatic rings. The zero-order valence-corrected chi connectivity index (χ0v) is 20.6. The third kappa shape index (κ3) is 7.60. The molecule has 0 radical (unpaired) electrons. The molecule has 3 aromatic carbocycles. The summed E-state index contributed by atoms with van der Waals surface area (Å²) in [7, 11) is 0. The quantitative estimate of drug-likeness (QED) is 0.229. The molecule has 0 heterocycles. The largest absolute Gasteiger partial charge is 0.490 e. The van der Waals surface area contributed by atoms with Crippen molar-refractivity contribution in [3.05, 3.63) is 84.4 Å². The molecule has 1 atom stereocenters. The number of nitrogens with one attached hydrogen (secondary N) is 1. The van der Waals surface area contributed by atoms with Crippen LogP contribution in [0.15, 0.2) is 78.9 Å². The lowest BCUT2D eigenvalue weighted by Crippen LogP contribution is -2.30. The Morgan fingerprint density at radius 2 is 1.43 bits per heavy atom. The van der Waals surface area contributed by atoms with Crippen LogP contribution in [0.5, 0.6) is 17.2 Å². The summed E-state index contributed by atoms with van der Waals surface area (Å²) in [5, 5.41) is 2.87. The number of amides is 1. The molecule has 3 rings (SSSR count). The summed E-state index contributed by atoms with van der Waals surface area (Å²) in [6, 6.07) is 23.5. The van der Waals surface area contributed by atoms with Gasteiger partial charge in [0.25, 0.3) is 5.91 Å². The maximum Gasteiger partial charge on any atom is 0.311 e. The van der Waals surface area contributed by atoms with E-state index in [1.807, 2.05) is 44.2 Å². The van der Waals surface area contributed by atoms with Crippen LogP contribution in [0.2, 0.25) is 0 Å². The number of para-hydroxylation sites is 1. The molecule has 1 amide bonds. The van der Waals surface area contributed by atoms with Crippen molar-refractivity contribution in [1.29, 1.82) is 0 Å². The van der Waals surface area contributed by atoms with Gasteiger partial charge in [-0.1, -0.05) is 38.5 Å². The third-order valence-electron chi connectivity index (χ3n) is 5.87. The summed E-state index contributed by atoms with van der Waals surface area (Å²) in [5.74, 6) is 1.63. The Balaban J connectivity index is 1.44. The highest BCUT2D eigenvalue weighted by Gasteiger charge is 2.31. The fourth-order valence-corrected chi connectivity index (χ4v) is 3.58. The van der Waals surface area contributed by atoms with Crippen molar-refractivity contribution in [3.8, 4) is 17.2 Å². The molecule has 184 valence electrons. The molecule has 0 saturated carbocycles. The van der Waals surface area contributed by atoms with Crippen LogP contribution in [0.4, 0.5) is 5.69 Å². The fourth-order valence-electron chi connectivity index (χ4n) is 3.58. The van der Waals surface area contributed by atoms with Crippen molar-refractivity contribution in [1.82, 2.24) is 0 Å². The van der Waals surface area contributed by atoms with Crippen molar-refractivity contribution >= 4 is 17.6 Å². The van der Waals surface area contributed by atoms with Crippen LogP contribution >= 0.6 is 0 Å². The Kier molecular flexibility index (Phi) is 9.30. The average Bonchev–Trinajstić information content (AvgIpc) is 2.88. The number of carbonyl (C=O) groups is 2. The highest BCUT2D eigenvalue weighted by molar-refractivity contribution is 6.04. The van der Waals surface area contributed by atoms with Gasteiger partial charge in [0.2, 0.25) is 0 Å². The van der Waals surface area contributed by atoms with E-state index in [9.17, 15) is 9.59 Å². The molecule has 0 aliphatic carbocycles. The van der Waals surface area contributed by atoms with Crippen molar-refractivity contribution in [3.63, 3.8) is 0 Å². The van der Waals surface area contributed by atoms with Gasteiger partial charge in [-0.25, -0.2) is 0 Å². The van der Waals surface area contributed by atoms with E-state index >= 15 is 0 Å². The van der Waals surface area contributed by atoms with E-state index in [4.69, 9.17) is 14.2 Å². The van der Waals surface area contributed by atoms with E-state index in [2.05, 4.69) is 12.2 Å². The smallest absolute Gasteiger partial charge is 0.311 e. The molecular formula is C29H33NO5. The lowest BCUT2D eigenvalue weighted by Gasteiger charge is -2.25. The SMILES string of the molecule is CCCC(C)(CC)C(=O)OCCOc1ccc(C(=O)Nc2ccc(Oc3ccccc3)cc2)cc1. The summed E-state index contributed by atoms with van der Waals surface area (Å²) in [5.41, 5.74) is 0.727. The molecule has 0 fully saturated rings. The van der Waals surface area contributed by atoms with Gasteiger partial charge < -0.3 is 19.5 Å². The molecular weight excluding hydrogens is 442 g/mol. The first-order chi connectivity index (χ1) is 16.9. The molecule has 0 aliphatic rings. The highest BCUT2D eigenvalue weighted by atomic mass is 16.6. The lowest BCUT2D eigenvalue weighted by atomic mass is 9.83. The van der Waals surface area contributed by atoms with Crippen LogP contribution in [-0.4, -0.2) is 25.1 Å². The van der Waals surface area contributed by atoms with Gasteiger partial charge in [-0.05, 0) is 80.4 Å². The first-order valence-electron chi connectivity index (χ1n) is 12.0. The maximum absolute atomic E-state index is 12.6. The third-order valence-corrected chi connectivity index (χ3v) is 5.87. The van der Waals surface area contributed by atoms with Crippen molar-refractivity contribution in [2.75, 3.05) is 18.5 Å². The molecule has 6 heteroatoms. The second-order valence-electron chi connectivity index (χ2n) is 8.57. The van der Waals surface area contributed by atoms with E-state index in [1.54, 1.807) is 48.5 Å². The first-order valence-corrected chi connectivity index (χ1v) is 12.0. The summed E-state index contributed by atoms with van der Waals surface area (Å²) >= 11 is 0. The summed E-state index contributed by atoms with van der Waals surface area (Å²) in [6.07, 6.45) is 2.48. The van der Waals surface area contributed by atoms with E-state index in [0.717, 1.165) is 25.0 Å². The predicted octanol–water partition coefficient (Wildman–Crippen LogP) is 6.87. The Bertz CT molecular complexity index is 1080. The molecule has 35 heavy (non-hydrogen) atoms. The number of ether oxygens (including phenoxy) is 3. The summed E-state index contributed by atoms with van der Waals surface area (Å²) < 4.78 is 16.8. The molecule has 0 bridgehead atoms. The average molecular weight is 476 g/mol. The first kappa shape index (κ1) is 25.8. The number of esters is 1. The topological polar surface area (TPSA) is 73.9 Å². The normalized spacial score (nSPS) is 12.3. The summed E-state index contributed by atoms with van der Waals surface area (Å²) in [6.45, 7) is 6.44. The van der Waals surface area contributed by atoms with Gasteiger partial charge in [-0.2, -0.15) is 0 Å². The Labute approximate surface area is 207 Å². The van der Waals surface area contributed by atoms with E-state index < -0.39 is 5.41 Å². The zero-order valence-electron chi connectivity index (χ0n) is 20.6. The van der Waals surface area contributed by atoms with Crippen LogP contribution in [-0.2, 0) is 9.53 Å². The Morgan fingerprint density at radius 3 is 2.06 bits per heavy atom. The number of hydrogen-bond acceptors (Lipinski definition) is 5. The predicted molar refractivity (Wildman–Crippen MR) is 137 cm³/mol. The minimum Gasteiger partial charge on any atom is -0.490 e. The van der Waals surface area contributed by atoms with Crippen molar-refractivity contribution < 1.29 is 23.8 Å². The maximum atomic E-state index is 12.6. The minimum absolute atomic E-state index is 0.183. The van der Waals surface area contributed by atoms with Gasteiger partial charge in [0.1, 0.15) is 30.5 Å². The van der Waals surface area contributed by atoms with E-state index in [-0.39, 0.29) is 25.1 Å². The zero-order chi connectivity index (χ0) is 25.1. The number of carbonyl (C=O) groups excluding carboxylic acids is 2. The number of rotatable bonds is 12. The monoisotopic (exact) mass is 475 g/mol. The molecule has 0 aliphatic heterocycles. The van der Waals surface area contributed by atoms with E-state index in [1.165, 1.54) is 0 Å². The van der Waals surface area contributed by atoms with Crippen LogP contribution in [0.3, 0.4) is 0 Å². The van der Waals surface area contributed by atoms with Crippen molar-refractivity contribution in [2.24, 2.45) is 5.41 Å². The van der Waals surface area contributed by atoms with Gasteiger partial charge in [-0.15, -0.1) is 0 Å². The number of hydrogen-bond donors (Lipinski definition) is 1. The van der Waals surface area contributed by atoms with Gasteiger partial charge in [0.15, 0.2) is 0 Å². The van der Waals surface area contributed by atoms with Crippen LogP contribution in [0, 0.1) is 5.41 Å². The Morgan fingerprint density at radius 1 is 0.800 bits per heavy atom. The Hall–Kier alpha value is -3.80. The number of benzene rings is 3. The molecule has 0 spiro atoms. The van der Waals surface area contributed by atoms with Gasteiger partial charge in [0, 0.05) is 11.3 Å². The minimum atomic E-state index is -0.445. The molecule has 0 saturated heterocycles. The van der Waals surface area contributed by atoms with Crippen LogP contribution in [0.1, 0.15) is 50.4 Å². The highest BCUT2D eigenvalue weighted by Crippen LogP contribution is 2.29. The second-order valence-corrected chi connectivity index (χ2v) is 8.57. The lowest BCUT2D eigenvalue weighted by molar-refractivity contribution is -0.156.